The number of thiophene rings is 1. The molecule has 34 heavy (non-hydrogen) atoms. The van der Waals surface area contributed by atoms with Crippen LogP contribution in [0.15, 0.2) is 52.1 Å². The van der Waals surface area contributed by atoms with Gasteiger partial charge >= 0.3 is 0 Å². The van der Waals surface area contributed by atoms with E-state index in [0.29, 0.717) is 12.5 Å². The van der Waals surface area contributed by atoms with Crippen molar-refractivity contribution in [1.82, 2.24) is 5.32 Å². The zero-order chi connectivity index (χ0) is 24.3. The molecule has 3 aromatic rings. The highest BCUT2D eigenvalue weighted by Crippen LogP contribution is 2.45. The molecular formula is C28H34N2O3S. The molecule has 4 rings (SSSR count). The summed E-state index contributed by atoms with van der Waals surface area (Å²) in [7, 11) is 0. The number of aliphatic imine (C=N–C) groups is 1. The van der Waals surface area contributed by atoms with Gasteiger partial charge in [-0.15, -0.1) is 11.3 Å². The summed E-state index contributed by atoms with van der Waals surface area (Å²) in [6.45, 7) is 11.3. The van der Waals surface area contributed by atoms with Gasteiger partial charge in [0, 0.05) is 11.1 Å². The molecule has 0 bridgehead atoms. The standard InChI is InChI=1S/C28H34N2O3S/c1-18(2)33-21-11-8-19(9-12-21)16-30-27-25(26(31)29-17-22-7-6-14-32-22)23-13-10-20(28(3,4)5)15-24(23)34-27/h6-9,11-12,14,16,18,20H,10,13,15,17H2,1-5H3,(H,29,31)/t20-/m0/s1. The van der Waals surface area contributed by atoms with Crippen molar-refractivity contribution < 1.29 is 13.9 Å². The van der Waals surface area contributed by atoms with Gasteiger partial charge in [-0.05, 0) is 92.0 Å². The van der Waals surface area contributed by atoms with Crippen LogP contribution in [0.25, 0.3) is 0 Å². The SMILES string of the molecule is CC(C)Oc1ccc(C=Nc2sc3c(c2C(=O)NCc2ccco2)CC[C@H](C(C)(C)C)C3)cc1. The lowest BCUT2D eigenvalue weighted by Crippen LogP contribution is -2.28. The monoisotopic (exact) mass is 478 g/mol. The number of hydrogen-bond acceptors (Lipinski definition) is 5. The normalized spacial score (nSPS) is 16.1. The first-order valence-electron chi connectivity index (χ1n) is 12.0. The van der Waals surface area contributed by atoms with Crippen molar-refractivity contribution in [3.63, 3.8) is 0 Å². The number of nitrogens with one attached hydrogen (secondary N) is 1. The largest absolute Gasteiger partial charge is 0.491 e. The Labute approximate surface area is 206 Å². The summed E-state index contributed by atoms with van der Waals surface area (Å²) in [6.07, 6.45) is 6.59. The number of carbonyl (C=O) groups excluding carboxylic acids is 1. The van der Waals surface area contributed by atoms with E-state index in [0.717, 1.165) is 52.5 Å². The minimum atomic E-state index is -0.0871. The van der Waals surface area contributed by atoms with Gasteiger partial charge in [0.2, 0.25) is 0 Å². The average molecular weight is 479 g/mol. The summed E-state index contributed by atoms with van der Waals surface area (Å²) in [5, 5.41) is 3.80. The van der Waals surface area contributed by atoms with Gasteiger partial charge in [-0.25, -0.2) is 4.99 Å². The van der Waals surface area contributed by atoms with Gasteiger partial charge < -0.3 is 14.5 Å². The number of carbonyl (C=O) groups is 1. The summed E-state index contributed by atoms with van der Waals surface area (Å²) in [6, 6.07) is 11.6. The van der Waals surface area contributed by atoms with E-state index in [1.54, 1.807) is 17.6 Å². The van der Waals surface area contributed by atoms with Gasteiger partial charge in [-0.2, -0.15) is 0 Å². The summed E-state index contributed by atoms with van der Waals surface area (Å²) >= 11 is 1.66. The van der Waals surface area contributed by atoms with Gasteiger partial charge in [0.25, 0.3) is 5.91 Å². The van der Waals surface area contributed by atoms with Gasteiger partial charge in [-0.3, -0.25) is 4.79 Å². The molecule has 1 aliphatic rings. The Bertz CT molecular complexity index is 1140. The molecule has 0 unspecified atom stereocenters. The molecule has 2 heterocycles. The first kappa shape index (κ1) is 24.3. The topological polar surface area (TPSA) is 63.8 Å². The molecular weight excluding hydrogens is 444 g/mol. The lowest BCUT2D eigenvalue weighted by atomic mass is 9.72. The highest BCUT2D eigenvalue weighted by atomic mass is 32.1. The molecule has 1 atom stereocenters. The molecule has 0 saturated heterocycles. The van der Waals surface area contributed by atoms with Crippen molar-refractivity contribution in [3.8, 4) is 5.75 Å². The summed E-state index contributed by atoms with van der Waals surface area (Å²) in [4.78, 5) is 19.4. The van der Waals surface area contributed by atoms with Crippen LogP contribution in [0.5, 0.6) is 5.75 Å². The highest BCUT2D eigenvalue weighted by molar-refractivity contribution is 7.16. The second-order valence-electron chi connectivity index (χ2n) is 10.2. The second kappa shape index (κ2) is 10.2. The van der Waals surface area contributed by atoms with Gasteiger partial charge in [0.1, 0.15) is 16.5 Å². The highest BCUT2D eigenvalue weighted by Gasteiger charge is 2.33. The fourth-order valence-electron chi connectivity index (χ4n) is 4.34. The van der Waals surface area contributed by atoms with Gasteiger partial charge in [-0.1, -0.05) is 20.8 Å². The van der Waals surface area contributed by atoms with Crippen LogP contribution in [-0.2, 0) is 19.4 Å². The van der Waals surface area contributed by atoms with Crippen molar-refractivity contribution >= 4 is 28.5 Å². The van der Waals surface area contributed by atoms with E-state index >= 15 is 0 Å². The van der Waals surface area contributed by atoms with Gasteiger partial charge in [0.15, 0.2) is 0 Å². The molecule has 1 amide bonds. The zero-order valence-electron chi connectivity index (χ0n) is 20.7. The third-order valence-electron chi connectivity index (χ3n) is 6.28. The van der Waals surface area contributed by atoms with Crippen molar-refractivity contribution in [3.05, 3.63) is 70.0 Å². The Morgan fingerprint density at radius 2 is 2.03 bits per heavy atom. The molecule has 0 saturated carbocycles. The molecule has 6 heteroatoms. The first-order chi connectivity index (χ1) is 16.2. The molecule has 1 aliphatic carbocycles. The van der Waals surface area contributed by atoms with E-state index in [1.165, 1.54) is 4.88 Å². The predicted octanol–water partition coefficient (Wildman–Crippen LogP) is 6.96. The molecule has 180 valence electrons. The summed E-state index contributed by atoms with van der Waals surface area (Å²) < 4.78 is 11.1. The number of hydrogen-bond donors (Lipinski definition) is 1. The predicted molar refractivity (Wildman–Crippen MR) is 139 cm³/mol. The molecule has 0 fully saturated rings. The van der Waals surface area contributed by atoms with E-state index in [1.807, 2.05) is 56.5 Å². The molecule has 0 spiro atoms. The van der Waals surface area contributed by atoms with Crippen molar-refractivity contribution in [2.24, 2.45) is 16.3 Å². The van der Waals surface area contributed by atoms with Crippen LogP contribution in [0.2, 0.25) is 0 Å². The van der Waals surface area contributed by atoms with Crippen LogP contribution in [0, 0.1) is 11.3 Å². The summed E-state index contributed by atoms with van der Waals surface area (Å²) in [5.41, 5.74) is 3.09. The Morgan fingerprint density at radius 1 is 1.26 bits per heavy atom. The number of benzene rings is 1. The van der Waals surface area contributed by atoms with Crippen LogP contribution < -0.4 is 10.1 Å². The van der Waals surface area contributed by atoms with Crippen LogP contribution in [0.3, 0.4) is 0 Å². The molecule has 0 aliphatic heterocycles. The van der Waals surface area contributed by atoms with Crippen molar-refractivity contribution in [2.75, 3.05) is 0 Å². The number of fused-ring (bicyclic) bond motifs is 1. The van der Waals surface area contributed by atoms with E-state index < -0.39 is 0 Å². The zero-order valence-corrected chi connectivity index (χ0v) is 21.5. The van der Waals surface area contributed by atoms with Crippen LogP contribution in [-0.4, -0.2) is 18.2 Å². The first-order valence-corrected chi connectivity index (χ1v) is 12.8. The number of furan rings is 1. The fraction of sp³-hybridized carbons (Fsp3) is 0.429. The third kappa shape index (κ3) is 5.79. The Kier molecular flexibility index (Phi) is 7.27. The number of amides is 1. The Balaban J connectivity index is 1.60. The number of rotatable bonds is 7. The number of ether oxygens (including phenoxy) is 1. The molecule has 1 N–H and O–H groups in total. The second-order valence-corrected chi connectivity index (χ2v) is 11.3. The third-order valence-corrected chi connectivity index (χ3v) is 7.45. The van der Waals surface area contributed by atoms with Crippen molar-refractivity contribution in [1.29, 1.82) is 0 Å². The maximum absolute atomic E-state index is 13.3. The molecule has 5 nitrogen and oxygen atoms in total. The lowest BCUT2D eigenvalue weighted by Gasteiger charge is -2.33. The molecule has 2 aromatic heterocycles. The maximum atomic E-state index is 13.3. The lowest BCUT2D eigenvalue weighted by molar-refractivity contribution is 0.0947. The molecule has 0 radical (unpaired) electrons. The minimum absolute atomic E-state index is 0.0871. The van der Waals surface area contributed by atoms with Crippen LogP contribution >= 0.6 is 11.3 Å². The smallest absolute Gasteiger partial charge is 0.255 e. The van der Waals surface area contributed by atoms with E-state index in [2.05, 4.69) is 26.1 Å². The number of nitrogens with zero attached hydrogens (tertiary/aromatic N) is 1. The maximum Gasteiger partial charge on any atom is 0.255 e. The average Bonchev–Trinajstić information content (AvgIpc) is 3.43. The Morgan fingerprint density at radius 3 is 2.68 bits per heavy atom. The fourth-order valence-corrected chi connectivity index (χ4v) is 5.61. The van der Waals surface area contributed by atoms with Crippen LogP contribution in [0.1, 0.15) is 73.2 Å². The van der Waals surface area contributed by atoms with Crippen LogP contribution in [0.4, 0.5) is 5.00 Å². The molecule has 1 aromatic carbocycles. The quantitative estimate of drug-likeness (QED) is 0.373. The van der Waals surface area contributed by atoms with Crippen molar-refractivity contribution in [2.45, 2.75) is 66.5 Å². The van der Waals surface area contributed by atoms with E-state index in [-0.39, 0.29) is 17.4 Å². The minimum Gasteiger partial charge on any atom is -0.491 e. The van der Waals surface area contributed by atoms with E-state index in [9.17, 15) is 4.79 Å². The Hall–Kier alpha value is -2.86. The van der Waals surface area contributed by atoms with Gasteiger partial charge in [0.05, 0.1) is 24.5 Å². The van der Waals surface area contributed by atoms with E-state index in [4.69, 9.17) is 14.1 Å². The summed E-state index contributed by atoms with van der Waals surface area (Å²) in [5.74, 6) is 2.09.